The summed E-state index contributed by atoms with van der Waals surface area (Å²) in [4.78, 5) is 11.7. The summed E-state index contributed by atoms with van der Waals surface area (Å²) >= 11 is 1.75. The van der Waals surface area contributed by atoms with Gasteiger partial charge in [-0.15, -0.1) is 0 Å². The second-order valence-electron chi connectivity index (χ2n) is 5.31. The number of benzene rings is 1. The molecule has 0 unspecified atom stereocenters. The Morgan fingerprint density at radius 3 is 2.74 bits per heavy atom. The molecule has 5 nitrogen and oxygen atoms in total. The Morgan fingerprint density at radius 2 is 2.04 bits per heavy atom. The molecule has 1 aliphatic heterocycles. The van der Waals surface area contributed by atoms with Gasteiger partial charge in [-0.3, -0.25) is 4.79 Å². The zero-order valence-corrected chi connectivity index (χ0v) is 14.5. The van der Waals surface area contributed by atoms with Gasteiger partial charge in [0.15, 0.2) is 0 Å². The van der Waals surface area contributed by atoms with Gasteiger partial charge < -0.3 is 5.32 Å². The first-order chi connectivity index (χ1) is 11.0. The highest BCUT2D eigenvalue weighted by Gasteiger charge is 2.23. The molecular weight excluding hydrogens is 339 g/mol. The van der Waals surface area contributed by atoms with Gasteiger partial charge in [-0.25, -0.2) is 17.1 Å². The molecule has 1 aromatic rings. The van der Waals surface area contributed by atoms with Crippen LogP contribution in [-0.4, -0.2) is 55.5 Å². The number of carbonyl (C=O) groups is 1. The Balaban J connectivity index is 1.70. The van der Waals surface area contributed by atoms with Gasteiger partial charge in [0.05, 0.1) is 5.75 Å². The summed E-state index contributed by atoms with van der Waals surface area (Å²) in [5.41, 5.74) is 0.749. The number of aryl methyl sites for hydroxylation is 1. The zero-order chi connectivity index (χ0) is 16.7. The fraction of sp³-hybridized carbons (Fsp3) is 0.533. The largest absolute Gasteiger partial charge is 0.355 e. The lowest BCUT2D eigenvalue weighted by molar-refractivity contribution is -0.120. The Hall–Kier alpha value is -1.12. The van der Waals surface area contributed by atoms with Crippen molar-refractivity contribution in [2.75, 3.05) is 36.9 Å². The first kappa shape index (κ1) is 18.2. The molecule has 1 fully saturated rings. The molecule has 8 heteroatoms. The van der Waals surface area contributed by atoms with Crippen molar-refractivity contribution >= 4 is 27.7 Å². The van der Waals surface area contributed by atoms with E-state index in [4.69, 9.17) is 0 Å². The SMILES string of the molecule is O=C(CCc1cccc(F)c1)NCCS(=O)(=O)N1CCSCC1. The lowest BCUT2D eigenvalue weighted by Crippen LogP contribution is -2.41. The quantitative estimate of drug-likeness (QED) is 0.795. The van der Waals surface area contributed by atoms with Crippen LogP contribution < -0.4 is 5.32 Å². The predicted octanol–water partition coefficient (Wildman–Crippen LogP) is 1.25. The molecular formula is C15H21FN2O3S2. The second kappa shape index (κ2) is 8.65. The molecule has 0 bridgehead atoms. The lowest BCUT2D eigenvalue weighted by Gasteiger charge is -2.25. The van der Waals surface area contributed by atoms with E-state index in [1.54, 1.807) is 23.9 Å². The Labute approximate surface area is 140 Å². The highest BCUT2D eigenvalue weighted by atomic mass is 32.2. The first-order valence-corrected chi connectivity index (χ1v) is 10.3. The van der Waals surface area contributed by atoms with Gasteiger partial charge in [-0.2, -0.15) is 11.8 Å². The minimum atomic E-state index is -3.30. The molecule has 1 saturated heterocycles. The van der Waals surface area contributed by atoms with E-state index in [1.807, 2.05) is 0 Å². The molecule has 1 aliphatic rings. The number of nitrogens with zero attached hydrogens (tertiary/aromatic N) is 1. The van der Waals surface area contributed by atoms with Gasteiger partial charge in [0.1, 0.15) is 5.82 Å². The number of nitrogens with one attached hydrogen (secondary N) is 1. The van der Waals surface area contributed by atoms with Crippen molar-refractivity contribution in [3.63, 3.8) is 0 Å². The van der Waals surface area contributed by atoms with Gasteiger partial charge in [-0.05, 0) is 24.1 Å². The molecule has 0 atom stereocenters. The molecule has 0 spiro atoms. The minimum Gasteiger partial charge on any atom is -0.355 e. The van der Waals surface area contributed by atoms with Crippen molar-refractivity contribution in [2.24, 2.45) is 0 Å². The zero-order valence-electron chi connectivity index (χ0n) is 12.8. The summed E-state index contributed by atoms with van der Waals surface area (Å²) < 4.78 is 38.7. The fourth-order valence-electron chi connectivity index (χ4n) is 2.31. The van der Waals surface area contributed by atoms with Gasteiger partial charge in [0.2, 0.25) is 15.9 Å². The number of amides is 1. The summed E-state index contributed by atoms with van der Waals surface area (Å²) in [7, 11) is -3.30. The number of hydrogen-bond acceptors (Lipinski definition) is 4. The maximum Gasteiger partial charge on any atom is 0.220 e. The third-order valence-corrected chi connectivity index (χ3v) is 6.39. The molecule has 0 aliphatic carbocycles. The normalized spacial score (nSPS) is 16.2. The van der Waals surface area contributed by atoms with E-state index in [0.29, 0.717) is 19.5 Å². The van der Waals surface area contributed by atoms with Crippen LogP contribution in [0.1, 0.15) is 12.0 Å². The molecule has 23 heavy (non-hydrogen) atoms. The number of sulfonamides is 1. The van der Waals surface area contributed by atoms with E-state index < -0.39 is 10.0 Å². The number of carbonyl (C=O) groups excluding carboxylic acids is 1. The summed E-state index contributed by atoms with van der Waals surface area (Å²) in [5.74, 6) is 1.01. The van der Waals surface area contributed by atoms with Crippen molar-refractivity contribution in [1.29, 1.82) is 0 Å². The molecule has 0 saturated carbocycles. The molecule has 128 valence electrons. The molecule has 1 heterocycles. The van der Waals surface area contributed by atoms with Crippen LogP contribution in [0, 0.1) is 5.82 Å². The Bertz CT molecular complexity index is 631. The van der Waals surface area contributed by atoms with Gasteiger partial charge >= 0.3 is 0 Å². The smallest absolute Gasteiger partial charge is 0.220 e. The Kier molecular flexibility index (Phi) is 6.86. The van der Waals surface area contributed by atoms with E-state index in [9.17, 15) is 17.6 Å². The molecule has 1 amide bonds. The molecule has 0 radical (unpaired) electrons. The van der Waals surface area contributed by atoms with Crippen LogP contribution in [0.5, 0.6) is 0 Å². The van der Waals surface area contributed by atoms with Crippen molar-refractivity contribution in [3.8, 4) is 0 Å². The van der Waals surface area contributed by atoms with Gasteiger partial charge in [0.25, 0.3) is 0 Å². The summed E-state index contributed by atoms with van der Waals surface area (Å²) in [6.45, 7) is 1.19. The van der Waals surface area contributed by atoms with Crippen LogP contribution in [0.15, 0.2) is 24.3 Å². The second-order valence-corrected chi connectivity index (χ2v) is 8.62. The number of hydrogen-bond donors (Lipinski definition) is 1. The van der Waals surface area contributed by atoms with Crippen molar-refractivity contribution in [2.45, 2.75) is 12.8 Å². The Morgan fingerprint density at radius 1 is 1.30 bits per heavy atom. The van der Waals surface area contributed by atoms with Crippen LogP contribution in [0.3, 0.4) is 0 Å². The van der Waals surface area contributed by atoms with Crippen molar-refractivity contribution in [3.05, 3.63) is 35.6 Å². The summed E-state index contributed by atoms with van der Waals surface area (Å²) in [5, 5.41) is 2.62. The monoisotopic (exact) mass is 360 g/mol. The van der Waals surface area contributed by atoms with E-state index in [2.05, 4.69) is 5.32 Å². The standard InChI is InChI=1S/C15H21FN2O3S2/c16-14-3-1-2-13(12-14)4-5-15(19)17-6-11-23(20,21)18-7-9-22-10-8-18/h1-3,12H,4-11H2,(H,17,19). The minimum absolute atomic E-state index is 0.0800. The van der Waals surface area contributed by atoms with Crippen LogP contribution in [0.4, 0.5) is 4.39 Å². The average molecular weight is 360 g/mol. The molecule has 0 aromatic heterocycles. The van der Waals surface area contributed by atoms with Crippen LogP contribution in [-0.2, 0) is 21.2 Å². The lowest BCUT2D eigenvalue weighted by atomic mass is 10.1. The highest BCUT2D eigenvalue weighted by molar-refractivity contribution is 7.99. The third kappa shape index (κ3) is 6.12. The first-order valence-electron chi connectivity index (χ1n) is 7.54. The predicted molar refractivity (Wildman–Crippen MR) is 90.4 cm³/mol. The van der Waals surface area contributed by atoms with Crippen LogP contribution in [0.25, 0.3) is 0 Å². The van der Waals surface area contributed by atoms with Gasteiger partial charge in [0, 0.05) is 37.6 Å². The van der Waals surface area contributed by atoms with E-state index >= 15 is 0 Å². The van der Waals surface area contributed by atoms with Crippen molar-refractivity contribution < 1.29 is 17.6 Å². The van der Waals surface area contributed by atoms with E-state index in [0.717, 1.165) is 17.1 Å². The van der Waals surface area contributed by atoms with E-state index in [1.165, 1.54) is 16.4 Å². The third-order valence-electron chi connectivity index (χ3n) is 3.58. The number of halogens is 1. The number of rotatable bonds is 7. The maximum absolute atomic E-state index is 13.0. The average Bonchev–Trinajstić information content (AvgIpc) is 2.54. The number of thioether (sulfide) groups is 1. The summed E-state index contributed by atoms with van der Waals surface area (Å²) in [6.07, 6.45) is 0.642. The van der Waals surface area contributed by atoms with Crippen LogP contribution >= 0.6 is 11.8 Å². The molecule has 1 N–H and O–H groups in total. The van der Waals surface area contributed by atoms with Gasteiger partial charge in [-0.1, -0.05) is 12.1 Å². The molecule has 2 rings (SSSR count). The maximum atomic E-state index is 13.0. The molecule has 1 aromatic carbocycles. The van der Waals surface area contributed by atoms with Crippen molar-refractivity contribution in [1.82, 2.24) is 9.62 Å². The summed E-state index contributed by atoms with van der Waals surface area (Å²) in [6, 6.07) is 6.11. The fourth-order valence-corrected chi connectivity index (χ4v) is 4.80. The topological polar surface area (TPSA) is 66.5 Å². The van der Waals surface area contributed by atoms with Crippen LogP contribution in [0.2, 0.25) is 0 Å². The van der Waals surface area contributed by atoms with E-state index in [-0.39, 0.29) is 30.4 Å². The highest BCUT2D eigenvalue weighted by Crippen LogP contribution is 2.13.